The van der Waals surface area contributed by atoms with Crippen LogP contribution in [0.3, 0.4) is 0 Å². The molecule has 0 saturated carbocycles. The van der Waals surface area contributed by atoms with Crippen molar-refractivity contribution in [1.82, 2.24) is 0 Å². The fourth-order valence-electron chi connectivity index (χ4n) is 4.05. The van der Waals surface area contributed by atoms with Gasteiger partial charge >= 0.3 is 0 Å². The first-order chi connectivity index (χ1) is 16.9. The zero-order valence-electron chi connectivity index (χ0n) is 19.4. The quantitative estimate of drug-likeness (QED) is 0.297. The topological polar surface area (TPSA) is 85.3 Å². The van der Waals surface area contributed by atoms with Crippen LogP contribution in [0.1, 0.15) is 24.1 Å². The number of hydrogen-bond donors (Lipinski definition) is 1. The van der Waals surface area contributed by atoms with Gasteiger partial charge in [0.05, 0.1) is 32.4 Å². The number of aliphatic hydroxyl groups is 1. The van der Waals surface area contributed by atoms with E-state index < -0.39 is 29.3 Å². The summed E-state index contributed by atoms with van der Waals surface area (Å²) in [6.07, 6.45) is 0. The molecule has 1 fully saturated rings. The lowest BCUT2D eigenvalue weighted by molar-refractivity contribution is -0.132. The highest BCUT2D eigenvalue weighted by Gasteiger charge is 2.47. The van der Waals surface area contributed by atoms with Crippen LogP contribution in [0.5, 0.6) is 17.2 Å². The van der Waals surface area contributed by atoms with Gasteiger partial charge in [0.1, 0.15) is 17.3 Å². The van der Waals surface area contributed by atoms with Crippen molar-refractivity contribution in [3.05, 3.63) is 89.2 Å². The number of carbonyl (C=O) groups excluding carboxylic acids is 2. The second-order valence-corrected chi connectivity index (χ2v) is 7.72. The molecular weight excluding hydrogens is 453 g/mol. The van der Waals surface area contributed by atoms with Crippen molar-refractivity contribution in [3.63, 3.8) is 0 Å². The third-order valence-corrected chi connectivity index (χ3v) is 5.72. The first-order valence-corrected chi connectivity index (χ1v) is 10.9. The summed E-state index contributed by atoms with van der Waals surface area (Å²) in [7, 11) is 3.03. The van der Waals surface area contributed by atoms with E-state index in [9.17, 15) is 19.1 Å². The van der Waals surface area contributed by atoms with Gasteiger partial charge in [-0.3, -0.25) is 14.5 Å². The molecule has 0 aliphatic carbocycles. The average Bonchev–Trinajstić information content (AvgIpc) is 3.14. The van der Waals surface area contributed by atoms with E-state index in [1.165, 1.54) is 43.4 Å². The Morgan fingerprint density at radius 2 is 1.63 bits per heavy atom. The van der Waals surface area contributed by atoms with Gasteiger partial charge in [0.2, 0.25) is 0 Å². The van der Waals surface area contributed by atoms with Crippen LogP contribution < -0.4 is 19.1 Å². The summed E-state index contributed by atoms with van der Waals surface area (Å²) in [5.74, 6) is -1.08. The highest BCUT2D eigenvalue weighted by atomic mass is 19.1. The van der Waals surface area contributed by atoms with Gasteiger partial charge in [0.15, 0.2) is 11.5 Å². The third kappa shape index (κ3) is 4.42. The van der Waals surface area contributed by atoms with Crippen molar-refractivity contribution in [1.29, 1.82) is 0 Å². The van der Waals surface area contributed by atoms with Crippen LogP contribution in [-0.4, -0.2) is 37.6 Å². The molecule has 3 aromatic carbocycles. The highest BCUT2D eigenvalue weighted by molar-refractivity contribution is 6.51. The molecule has 1 aliphatic rings. The zero-order valence-corrected chi connectivity index (χ0v) is 19.4. The molecule has 1 N–H and O–H groups in total. The van der Waals surface area contributed by atoms with E-state index in [2.05, 4.69) is 0 Å². The predicted molar refractivity (Wildman–Crippen MR) is 128 cm³/mol. The average molecular weight is 477 g/mol. The molecule has 1 aliphatic heterocycles. The van der Waals surface area contributed by atoms with E-state index in [-0.39, 0.29) is 11.1 Å². The number of amides is 1. The maximum atomic E-state index is 13.5. The maximum Gasteiger partial charge on any atom is 0.300 e. The number of rotatable bonds is 7. The fraction of sp³-hybridized carbons (Fsp3) is 0.185. The van der Waals surface area contributed by atoms with E-state index in [1.807, 2.05) is 6.92 Å². The lowest BCUT2D eigenvalue weighted by Crippen LogP contribution is -2.29. The highest BCUT2D eigenvalue weighted by Crippen LogP contribution is 2.44. The van der Waals surface area contributed by atoms with Crippen molar-refractivity contribution in [2.45, 2.75) is 13.0 Å². The van der Waals surface area contributed by atoms with Crippen LogP contribution in [0, 0.1) is 5.82 Å². The van der Waals surface area contributed by atoms with Crippen LogP contribution in [0.15, 0.2) is 72.3 Å². The summed E-state index contributed by atoms with van der Waals surface area (Å²) < 4.78 is 29.7. The number of methoxy groups -OCH3 is 2. The second-order valence-electron chi connectivity index (χ2n) is 7.72. The minimum atomic E-state index is -0.974. The van der Waals surface area contributed by atoms with Gasteiger partial charge in [-0.05, 0) is 73.2 Å². The van der Waals surface area contributed by atoms with Crippen LogP contribution in [0.25, 0.3) is 5.76 Å². The summed E-state index contributed by atoms with van der Waals surface area (Å²) in [5.41, 5.74) is 1.05. The van der Waals surface area contributed by atoms with Crippen molar-refractivity contribution in [2.24, 2.45) is 0 Å². The first-order valence-electron chi connectivity index (χ1n) is 10.9. The van der Waals surface area contributed by atoms with Crippen molar-refractivity contribution >= 4 is 23.1 Å². The summed E-state index contributed by atoms with van der Waals surface area (Å²) >= 11 is 0. The molecule has 1 atom stereocenters. The van der Waals surface area contributed by atoms with Gasteiger partial charge in [-0.15, -0.1) is 0 Å². The summed E-state index contributed by atoms with van der Waals surface area (Å²) in [6, 6.07) is 15.8. The second kappa shape index (κ2) is 9.89. The van der Waals surface area contributed by atoms with Gasteiger partial charge in [0.25, 0.3) is 11.7 Å². The molecule has 4 rings (SSSR count). The van der Waals surface area contributed by atoms with Crippen LogP contribution >= 0.6 is 0 Å². The van der Waals surface area contributed by atoms with Crippen LogP contribution in [0.4, 0.5) is 10.1 Å². The Bertz CT molecular complexity index is 1280. The number of carbonyl (C=O) groups is 2. The molecular formula is C27H24FNO6. The Morgan fingerprint density at radius 1 is 0.943 bits per heavy atom. The SMILES string of the molecule is CCOc1cc(C2/C(=C(/O)c3ccc(F)cc3)C(=O)C(=O)N2c2ccc(OC)cc2)ccc1OC. The van der Waals surface area contributed by atoms with E-state index >= 15 is 0 Å². The number of nitrogens with zero attached hydrogens (tertiary/aromatic N) is 1. The van der Waals surface area contributed by atoms with Gasteiger partial charge in [-0.1, -0.05) is 6.07 Å². The van der Waals surface area contributed by atoms with E-state index in [1.54, 1.807) is 42.5 Å². The molecule has 7 nitrogen and oxygen atoms in total. The zero-order chi connectivity index (χ0) is 25.1. The van der Waals surface area contributed by atoms with E-state index in [0.717, 1.165) is 0 Å². The standard InChI is InChI=1S/C27H24FNO6/c1-4-35-22-15-17(7-14-21(22)34-3)24-23(25(30)16-5-8-18(28)9-6-16)26(31)27(32)29(24)19-10-12-20(33-2)13-11-19/h5-15,24,30H,4H2,1-3H3/b25-23-. The molecule has 0 aromatic heterocycles. The lowest BCUT2D eigenvalue weighted by atomic mass is 9.94. The van der Waals surface area contributed by atoms with Crippen molar-refractivity contribution in [2.75, 3.05) is 25.7 Å². The number of anilines is 1. The predicted octanol–water partition coefficient (Wildman–Crippen LogP) is 4.87. The fourth-order valence-corrected chi connectivity index (χ4v) is 4.05. The van der Waals surface area contributed by atoms with Crippen molar-refractivity contribution < 1.29 is 33.3 Å². The molecule has 1 heterocycles. The van der Waals surface area contributed by atoms with E-state index in [4.69, 9.17) is 14.2 Å². The normalized spacial score (nSPS) is 16.9. The van der Waals surface area contributed by atoms with Gasteiger partial charge < -0.3 is 19.3 Å². The molecule has 1 saturated heterocycles. The van der Waals surface area contributed by atoms with Gasteiger partial charge in [0, 0.05) is 11.3 Å². The van der Waals surface area contributed by atoms with Crippen molar-refractivity contribution in [3.8, 4) is 17.2 Å². The Morgan fingerprint density at radius 3 is 2.23 bits per heavy atom. The smallest absolute Gasteiger partial charge is 0.300 e. The minimum absolute atomic E-state index is 0.120. The largest absolute Gasteiger partial charge is 0.507 e. The molecule has 180 valence electrons. The number of hydrogen-bond acceptors (Lipinski definition) is 6. The number of ether oxygens (including phenoxy) is 3. The number of halogens is 1. The summed E-state index contributed by atoms with van der Waals surface area (Å²) in [4.78, 5) is 27.8. The Balaban J connectivity index is 1.94. The molecule has 3 aromatic rings. The molecule has 1 amide bonds. The molecule has 8 heteroatoms. The third-order valence-electron chi connectivity index (χ3n) is 5.72. The van der Waals surface area contributed by atoms with E-state index in [0.29, 0.717) is 35.1 Å². The minimum Gasteiger partial charge on any atom is -0.507 e. The molecule has 1 unspecified atom stereocenters. The summed E-state index contributed by atoms with van der Waals surface area (Å²) in [6.45, 7) is 2.19. The first kappa shape index (κ1) is 23.8. The molecule has 0 spiro atoms. The van der Waals surface area contributed by atoms with Crippen LogP contribution in [0.2, 0.25) is 0 Å². The van der Waals surface area contributed by atoms with Gasteiger partial charge in [-0.2, -0.15) is 0 Å². The molecule has 0 bridgehead atoms. The maximum absolute atomic E-state index is 13.5. The van der Waals surface area contributed by atoms with Gasteiger partial charge in [-0.25, -0.2) is 4.39 Å². The number of benzene rings is 3. The lowest BCUT2D eigenvalue weighted by Gasteiger charge is -2.26. The Kier molecular flexibility index (Phi) is 6.73. The number of ketones is 1. The number of aliphatic hydroxyl groups excluding tert-OH is 1. The van der Waals surface area contributed by atoms with Crippen LogP contribution in [-0.2, 0) is 9.59 Å². The summed E-state index contributed by atoms with van der Waals surface area (Å²) in [5, 5.41) is 11.1. The molecule has 0 radical (unpaired) electrons. The molecule has 35 heavy (non-hydrogen) atoms. The Labute approximate surface area is 202 Å². The number of Topliss-reactive ketones (excluding diaryl/α,β-unsaturated/α-hetero) is 1. The Hall–Kier alpha value is -4.33. The monoisotopic (exact) mass is 477 g/mol.